The first-order valence-electron chi connectivity index (χ1n) is 9.34. The van der Waals surface area contributed by atoms with Crippen LogP contribution >= 0.6 is 0 Å². The maximum absolute atomic E-state index is 12.3. The van der Waals surface area contributed by atoms with Crippen LogP contribution < -0.4 is 15.5 Å². The average molecular weight is 370 g/mol. The summed E-state index contributed by atoms with van der Waals surface area (Å²) in [6, 6.07) is 11.2. The first kappa shape index (κ1) is 19.2. The second-order valence-electron chi connectivity index (χ2n) is 6.91. The minimum absolute atomic E-state index is 0.0674. The second kappa shape index (κ2) is 9.37. The van der Waals surface area contributed by atoms with Crippen molar-refractivity contribution in [2.75, 3.05) is 19.8 Å². The molecule has 2 aromatic rings. The molecule has 27 heavy (non-hydrogen) atoms. The third-order valence-corrected chi connectivity index (χ3v) is 4.79. The van der Waals surface area contributed by atoms with E-state index in [-0.39, 0.29) is 23.6 Å². The van der Waals surface area contributed by atoms with Gasteiger partial charge in [-0.05, 0) is 31.2 Å². The number of carbonyl (C=O) groups is 1. The number of aromatic nitrogens is 1. The number of hydrogen-bond acceptors (Lipinski definition) is 4. The Morgan fingerprint density at radius 3 is 2.74 bits per heavy atom. The van der Waals surface area contributed by atoms with Gasteiger partial charge in [0.05, 0.1) is 6.20 Å². The van der Waals surface area contributed by atoms with Crippen LogP contribution in [0.1, 0.15) is 24.1 Å². The molecule has 6 heteroatoms. The number of ether oxygens (including phenoxy) is 2. The molecule has 1 saturated heterocycles. The fraction of sp³-hybridized carbons (Fsp3) is 0.429. The van der Waals surface area contributed by atoms with E-state index in [1.54, 1.807) is 10.8 Å². The largest absolute Gasteiger partial charge is 0.483 e. The monoisotopic (exact) mass is 370 g/mol. The van der Waals surface area contributed by atoms with Crippen molar-refractivity contribution < 1.29 is 14.3 Å². The summed E-state index contributed by atoms with van der Waals surface area (Å²) in [5.74, 6) is 0.659. The summed E-state index contributed by atoms with van der Waals surface area (Å²) in [5, 5.41) is 2.99. The molecule has 1 aromatic carbocycles. The van der Waals surface area contributed by atoms with Gasteiger partial charge in [0, 0.05) is 31.5 Å². The standard InChI is InChI=1S/C21H26N2O4/c1-16-11-19(24)20(27-15-18-5-3-2-4-6-18)13-23(16)14-21(25)22-12-17-7-9-26-10-8-17/h2-6,11,13,17H,7-10,12,14-15H2,1H3,(H,22,25). The maximum atomic E-state index is 12.3. The molecule has 1 N–H and O–H groups in total. The second-order valence-corrected chi connectivity index (χ2v) is 6.91. The molecule has 1 aliphatic heterocycles. The van der Waals surface area contributed by atoms with Crippen LogP contribution in [0.4, 0.5) is 0 Å². The molecule has 0 saturated carbocycles. The number of nitrogens with one attached hydrogen (secondary N) is 1. The van der Waals surface area contributed by atoms with Crippen LogP contribution in [0.5, 0.6) is 5.75 Å². The Kier molecular flexibility index (Phi) is 6.65. The molecule has 144 valence electrons. The van der Waals surface area contributed by atoms with Gasteiger partial charge in [0.25, 0.3) is 0 Å². The van der Waals surface area contributed by atoms with E-state index >= 15 is 0 Å². The summed E-state index contributed by atoms with van der Waals surface area (Å²) < 4.78 is 12.8. The lowest BCUT2D eigenvalue weighted by atomic mass is 10.0. The molecule has 0 spiro atoms. The minimum atomic E-state index is -0.178. The van der Waals surface area contributed by atoms with Gasteiger partial charge in [-0.1, -0.05) is 30.3 Å². The zero-order valence-corrected chi connectivity index (χ0v) is 15.6. The van der Waals surface area contributed by atoms with Gasteiger partial charge in [0.15, 0.2) is 5.75 Å². The molecule has 0 atom stereocenters. The quantitative estimate of drug-likeness (QED) is 0.812. The SMILES string of the molecule is Cc1cc(=O)c(OCc2ccccc2)cn1CC(=O)NCC1CCOCC1. The molecule has 0 bridgehead atoms. The van der Waals surface area contributed by atoms with E-state index in [0.717, 1.165) is 37.3 Å². The molecule has 1 amide bonds. The number of hydrogen-bond donors (Lipinski definition) is 1. The van der Waals surface area contributed by atoms with Crippen LogP contribution in [-0.2, 0) is 22.7 Å². The van der Waals surface area contributed by atoms with Crippen molar-refractivity contribution >= 4 is 5.91 Å². The fourth-order valence-electron chi connectivity index (χ4n) is 3.08. The number of nitrogens with zero attached hydrogens (tertiary/aromatic N) is 1. The lowest BCUT2D eigenvalue weighted by Gasteiger charge is -2.22. The molecule has 0 aliphatic carbocycles. The van der Waals surface area contributed by atoms with Crippen LogP contribution in [0.3, 0.4) is 0 Å². The number of rotatable bonds is 7. The number of amides is 1. The zero-order chi connectivity index (χ0) is 19.1. The summed E-state index contributed by atoms with van der Waals surface area (Å²) in [5.41, 5.74) is 1.54. The Hall–Kier alpha value is -2.60. The highest BCUT2D eigenvalue weighted by molar-refractivity contribution is 5.75. The lowest BCUT2D eigenvalue weighted by Crippen LogP contribution is -2.34. The van der Waals surface area contributed by atoms with E-state index in [1.807, 2.05) is 37.3 Å². The third kappa shape index (κ3) is 5.69. The van der Waals surface area contributed by atoms with E-state index in [0.29, 0.717) is 19.1 Å². The Morgan fingerprint density at radius 2 is 2.00 bits per heavy atom. The normalized spacial score (nSPS) is 14.7. The molecule has 0 unspecified atom stereocenters. The van der Waals surface area contributed by atoms with Crippen LogP contribution in [0.2, 0.25) is 0 Å². The summed E-state index contributed by atoms with van der Waals surface area (Å²) in [4.78, 5) is 24.5. The molecule has 1 aromatic heterocycles. The molecular weight excluding hydrogens is 344 g/mol. The average Bonchev–Trinajstić information content (AvgIpc) is 2.69. The van der Waals surface area contributed by atoms with Gasteiger partial charge in [-0.15, -0.1) is 0 Å². The zero-order valence-electron chi connectivity index (χ0n) is 15.6. The maximum Gasteiger partial charge on any atom is 0.239 e. The van der Waals surface area contributed by atoms with Crippen molar-refractivity contribution in [3.8, 4) is 5.75 Å². The number of benzene rings is 1. The van der Waals surface area contributed by atoms with Gasteiger partial charge in [0.1, 0.15) is 13.2 Å². The first-order chi connectivity index (χ1) is 13.1. The number of carbonyl (C=O) groups excluding carboxylic acids is 1. The van der Waals surface area contributed by atoms with Gasteiger partial charge in [-0.25, -0.2) is 0 Å². The number of aryl methyl sites for hydroxylation is 1. The smallest absolute Gasteiger partial charge is 0.239 e. The summed E-state index contributed by atoms with van der Waals surface area (Å²) >= 11 is 0. The third-order valence-electron chi connectivity index (χ3n) is 4.79. The Morgan fingerprint density at radius 1 is 1.26 bits per heavy atom. The van der Waals surface area contributed by atoms with Gasteiger partial charge < -0.3 is 19.4 Å². The van der Waals surface area contributed by atoms with Crippen molar-refractivity contribution in [3.05, 3.63) is 64.1 Å². The fourth-order valence-corrected chi connectivity index (χ4v) is 3.08. The van der Waals surface area contributed by atoms with Crippen LogP contribution in [0.25, 0.3) is 0 Å². The summed E-state index contributed by atoms with van der Waals surface area (Å²) in [6.07, 6.45) is 3.58. The van der Waals surface area contributed by atoms with E-state index < -0.39 is 0 Å². The molecular formula is C21H26N2O4. The van der Waals surface area contributed by atoms with E-state index in [9.17, 15) is 9.59 Å². The predicted octanol–water partition coefficient (Wildman–Crippen LogP) is 2.28. The van der Waals surface area contributed by atoms with E-state index in [4.69, 9.17) is 9.47 Å². The molecule has 2 heterocycles. The van der Waals surface area contributed by atoms with Crippen LogP contribution in [-0.4, -0.2) is 30.2 Å². The van der Waals surface area contributed by atoms with Gasteiger partial charge in [-0.2, -0.15) is 0 Å². The Labute approximate surface area is 159 Å². The van der Waals surface area contributed by atoms with E-state index in [1.165, 1.54) is 6.07 Å². The summed E-state index contributed by atoms with van der Waals surface area (Å²) in [6.45, 7) is 4.49. The molecule has 3 rings (SSSR count). The molecule has 1 aliphatic rings. The van der Waals surface area contributed by atoms with Gasteiger partial charge in [0.2, 0.25) is 11.3 Å². The highest BCUT2D eigenvalue weighted by atomic mass is 16.5. The van der Waals surface area contributed by atoms with Crippen molar-refractivity contribution in [2.24, 2.45) is 5.92 Å². The van der Waals surface area contributed by atoms with Crippen molar-refractivity contribution in [2.45, 2.75) is 32.9 Å². The highest BCUT2D eigenvalue weighted by Crippen LogP contribution is 2.13. The number of pyridine rings is 1. The topological polar surface area (TPSA) is 69.6 Å². The van der Waals surface area contributed by atoms with Gasteiger partial charge >= 0.3 is 0 Å². The molecule has 0 radical (unpaired) electrons. The minimum Gasteiger partial charge on any atom is -0.483 e. The molecule has 1 fully saturated rings. The van der Waals surface area contributed by atoms with Crippen molar-refractivity contribution in [1.29, 1.82) is 0 Å². The van der Waals surface area contributed by atoms with Crippen molar-refractivity contribution in [1.82, 2.24) is 9.88 Å². The van der Waals surface area contributed by atoms with Crippen molar-refractivity contribution in [3.63, 3.8) is 0 Å². The molecule has 6 nitrogen and oxygen atoms in total. The first-order valence-corrected chi connectivity index (χ1v) is 9.34. The lowest BCUT2D eigenvalue weighted by molar-refractivity contribution is -0.122. The van der Waals surface area contributed by atoms with Crippen LogP contribution in [0.15, 0.2) is 47.4 Å². The van der Waals surface area contributed by atoms with E-state index in [2.05, 4.69) is 5.32 Å². The van der Waals surface area contributed by atoms with Crippen LogP contribution in [0, 0.1) is 12.8 Å². The van der Waals surface area contributed by atoms with Gasteiger partial charge in [-0.3, -0.25) is 9.59 Å². The Balaban J connectivity index is 1.59. The summed E-state index contributed by atoms with van der Waals surface area (Å²) in [7, 11) is 0. The predicted molar refractivity (Wildman–Crippen MR) is 103 cm³/mol. The Bertz CT molecular complexity index is 811. The highest BCUT2D eigenvalue weighted by Gasteiger charge is 2.15.